The van der Waals surface area contributed by atoms with Gasteiger partial charge in [0.2, 0.25) is 11.9 Å². The Morgan fingerprint density at radius 3 is 2.57 bits per heavy atom. The third kappa shape index (κ3) is 4.18. The molecule has 0 saturated carbocycles. The molecule has 0 aliphatic carbocycles. The molecule has 1 N–H and O–H groups in total. The normalized spacial score (nSPS) is 18.5. The van der Waals surface area contributed by atoms with Gasteiger partial charge in [-0.25, -0.2) is 9.97 Å². The van der Waals surface area contributed by atoms with E-state index in [9.17, 15) is 9.59 Å². The topological polar surface area (TPSA) is 87.7 Å². The fourth-order valence-electron chi connectivity index (χ4n) is 3.90. The van der Waals surface area contributed by atoms with Crippen molar-refractivity contribution in [3.05, 3.63) is 41.2 Å². The number of methoxy groups -OCH3 is 1. The maximum Gasteiger partial charge on any atom is 0.274 e. The molecule has 158 valence electrons. The third-order valence-corrected chi connectivity index (χ3v) is 5.77. The molecule has 4 rings (SSSR count). The van der Waals surface area contributed by atoms with E-state index in [1.165, 1.54) is 6.20 Å². The third-order valence-electron chi connectivity index (χ3n) is 5.50. The first kappa shape index (κ1) is 20.4. The van der Waals surface area contributed by atoms with Gasteiger partial charge in [0.05, 0.1) is 18.3 Å². The molecule has 1 atom stereocenters. The fraction of sp³-hybridized carbons (Fsp3) is 0.429. The minimum absolute atomic E-state index is 0.151. The molecule has 2 aromatic rings. The summed E-state index contributed by atoms with van der Waals surface area (Å²) < 4.78 is 5.14. The first-order chi connectivity index (χ1) is 14.6. The Hall–Kier alpha value is -2.87. The summed E-state index contributed by atoms with van der Waals surface area (Å²) in [5, 5.41) is 3.08. The summed E-state index contributed by atoms with van der Waals surface area (Å²) in [5.41, 5.74) is 0.800. The van der Waals surface area contributed by atoms with Gasteiger partial charge in [-0.2, -0.15) is 0 Å². The standard InChI is InChI=1S/C21H24ClN5O3/c1-30-15-8-6-14(7-9-15)24-19(28)17-5-4-12-27(17)20(29)18-16(22)13-23-21(25-18)26-10-2-3-11-26/h6-9,13,17H,2-5,10-12H2,1H3,(H,24,28). The van der Waals surface area contributed by atoms with Gasteiger partial charge in [0.25, 0.3) is 5.91 Å². The van der Waals surface area contributed by atoms with E-state index in [-0.39, 0.29) is 22.5 Å². The Bertz CT molecular complexity index is 931. The predicted octanol–water partition coefficient (Wildman–Crippen LogP) is 2.98. The summed E-state index contributed by atoms with van der Waals surface area (Å²) in [5.74, 6) is 0.655. The average Bonchev–Trinajstić information content (AvgIpc) is 3.46. The first-order valence-corrected chi connectivity index (χ1v) is 10.5. The van der Waals surface area contributed by atoms with Crippen LogP contribution in [0.3, 0.4) is 0 Å². The zero-order valence-electron chi connectivity index (χ0n) is 16.8. The minimum atomic E-state index is -0.569. The zero-order valence-corrected chi connectivity index (χ0v) is 17.6. The van der Waals surface area contributed by atoms with Crippen LogP contribution in [0.5, 0.6) is 5.75 Å². The molecule has 30 heavy (non-hydrogen) atoms. The second-order valence-electron chi connectivity index (χ2n) is 7.44. The molecule has 2 saturated heterocycles. The predicted molar refractivity (Wildman–Crippen MR) is 114 cm³/mol. The van der Waals surface area contributed by atoms with Crippen LogP contribution in [-0.2, 0) is 4.79 Å². The Balaban J connectivity index is 1.50. The smallest absolute Gasteiger partial charge is 0.274 e. The lowest BCUT2D eigenvalue weighted by atomic mass is 10.2. The number of hydrogen-bond acceptors (Lipinski definition) is 6. The second-order valence-corrected chi connectivity index (χ2v) is 7.84. The molecule has 9 heteroatoms. The number of amides is 2. The van der Waals surface area contributed by atoms with Gasteiger partial charge in [0.15, 0.2) is 5.69 Å². The highest BCUT2D eigenvalue weighted by Crippen LogP contribution is 2.26. The highest BCUT2D eigenvalue weighted by atomic mass is 35.5. The van der Waals surface area contributed by atoms with Crippen molar-refractivity contribution < 1.29 is 14.3 Å². The minimum Gasteiger partial charge on any atom is -0.497 e. The van der Waals surface area contributed by atoms with Gasteiger partial charge in [-0.15, -0.1) is 0 Å². The number of nitrogens with zero attached hydrogens (tertiary/aromatic N) is 4. The lowest BCUT2D eigenvalue weighted by Gasteiger charge is -2.24. The van der Waals surface area contributed by atoms with Crippen molar-refractivity contribution in [3.8, 4) is 5.75 Å². The van der Waals surface area contributed by atoms with Crippen LogP contribution in [0.15, 0.2) is 30.5 Å². The number of aromatic nitrogens is 2. The summed E-state index contributed by atoms with van der Waals surface area (Å²) in [6.07, 6.45) is 4.96. The maximum absolute atomic E-state index is 13.2. The van der Waals surface area contributed by atoms with Crippen LogP contribution < -0.4 is 15.0 Å². The van der Waals surface area contributed by atoms with Gasteiger partial charge in [-0.05, 0) is 49.9 Å². The number of carbonyl (C=O) groups excluding carboxylic acids is 2. The largest absolute Gasteiger partial charge is 0.497 e. The van der Waals surface area contributed by atoms with Gasteiger partial charge < -0.3 is 19.9 Å². The number of carbonyl (C=O) groups is 2. The van der Waals surface area contributed by atoms with Crippen LogP contribution in [0.1, 0.15) is 36.2 Å². The van der Waals surface area contributed by atoms with Crippen molar-refractivity contribution in [2.45, 2.75) is 31.7 Å². The molecule has 1 unspecified atom stereocenters. The molecule has 1 aromatic carbocycles. The molecule has 2 fully saturated rings. The monoisotopic (exact) mass is 429 g/mol. The maximum atomic E-state index is 13.2. The first-order valence-electron chi connectivity index (χ1n) is 10.1. The van der Waals surface area contributed by atoms with Gasteiger partial charge >= 0.3 is 0 Å². The Morgan fingerprint density at radius 2 is 1.87 bits per heavy atom. The SMILES string of the molecule is COc1ccc(NC(=O)C2CCCN2C(=O)c2nc(N3CCCC3)ncc2Cl)cc1. The number of benzene rings is 1. The van der Waals surface area contributed by atoms with Gasteiger partial charge in [-0.3, -0.25) is 9.59 Å². The molecule has 1 aromatic heterocycles. The quantitative estimate of drug-likeness (QED) is 0.786. The number of hydrogen-bond donors (Lipinski definition) is 1. The molecule has 0 spiro atoms. The summed E-state index contributed by atoms with van der Waals surface area (Å²) in [4.78, 5) is 38.4. The zero-order chi connectivity index (χ0) is 21.1. The molecular weight excluding hydrogens is 406 g/mol. The van der Waals surface area contributed by atoms with Crippen LogP contribution in [0, 0.1) is 0 Å². The van der Waals surface area contributed by atoms with Crippen molar-refractivity contribution >= 4 is 35.1 Å². The van der Waals surface area contributed by atoms with E-state index in [0.29, 0.717) is 30.4 Å². The molecule has 2 aliphatic rings. The molecule has 2 amide bonds. The van der Waals surface area contributed by atoms with E-state index in [4.69, 9.17) is 16.3 Å². The Morgan fingerprint density at radius 1 is 1.13 bits per heavy atom. The van der Waals surface area contributed by atoms with Crippen molar-refractivity contribution in [3.63, 3.8) is 0 Å². The highest BCUT2D eigenvalue weighted by molar-refractivity contribution is 6.33. The lowest BCUT2D eigenvalue weighted by Crippen LogP contribution is -2.43. The van der Waals surface area contributed by atoms with Crippen molar-refractivity contribution in [2.75, 3.05) is 37.0 Å². The van der Waals surface area contributed by atoms with Crippen LogP contribution in [0.25, 0.3) is 0 Å². The number of likely N-dealkylation sites (tertiary alicyclic amines) is 1. The molecular formula is C21H24ClN5O3. The summed E-state index contributed by atoms with van der Waals surface area (Å²) in [7, 11) is 1.59. The molecule has 0 radical (unpaired) electrons. The van der Waals surface area contributed by atoms with E-state index in [0.717, 1.165) is 32.4 Å². The number of anilines is 2. The summed E-state index contributed by atoms with van der Waals surface area (Å²) >= 11 is 6.26. The number of rotatable bonds is 5. The molecule has 8 nitrogen and oxygen atoms in total. The van der Waals surface area contributed by atoms with E-state index in [1.54, 1.807) is 36.3 Å². The summed E-state index contributed by atoms with van der Waals surface area (Å²) in [6, 6.07) is 6.51. The van der Waals surface area contributed by atoms with E-state index < -0.39 is 6.04 Å². The average molecular weight is 430 g/mol. The Labute approximate surface area is 180 Å². The van der Waals surface area contributed by atoms with Gasteiger partial charge in [-0.1, -0.05) is 11.6 Å². The highest BCUT2D eigenvalue weighted by Gasteiger charge is 2.36. The number of ether oxygens (including phenoxy) is 1. The fourth-order valence-corrected chi connectivity index (χ4v) is 4.07. The van der Waals surface area contributed by atoms with E-state index in [2.05, 4.69) is 15.3 Å². The van der Waals surface area contributed by atoms with Gasteiger partial charge in [0, 0.05) is 25.3 Å². The van der Waals surface area contributed by atoms with Crippen molar-refractivity contribution in [1.82, 2.24) is 14.9 Å². The van der Waals surface area contributed by atoms with Crippen LogP contribution in [-0.4, -0.2) is 59.5 Å². The van der Waals surface area contributed by atoms with Crippen molar-refractivity contribution in [1.29, 1.82) is 0 Å². The van der Waals surface area contributed by atoms with Crippen LogP contribution >= 0.6 is 11.6 Å². The molecule has 0 bridgehead atoms. The second kappa shape index (κ2) is 8.87. The number of halogens is 1. The van der Waals surface area contributed by atoms with Crippen LogP contribution in [0.4, 0.5) is 11.6 Å². The lowest BCUT2D eigenvalue weighted by molar-refractivity contribution is -0.119. The molecule has 2 aliphatic heterocycles. The Kier molecular flexibility index (Phi) is 6.03. The van der Waals surface area contributed by atoms with Crippen LogP contribution in [0.2, 0.25) is 5.02 Å². The summed E-state index contributed by atoms with van der Waals surface area (Å²) in [6.45, 7) is 2.22. The van der Waals surface area contributed by atoms with E-state index in [1.807, 2.05) is 4.90 Å². The van der Waals surface area contributed by atoms with Gasteiger partial charge in [0.1, 0.15) is 11.8 Å². The van der Waals surface area contributed by atoms with Crippen molar-refractivity contribution in [2.24, 2.45) is 0 Å². The number of nitrogens with one attached hydrogen (secondary N) is 1. The molecule has 3 heterocycles. The van der Waals surface area contributed by atoms with E-state index >= 15 is 0 Å².